The van der Waals surface area contributed by atoms with E-state index in [0.29, 0.717) is 23.5 Å². The zero-order valence-corrected chi connectivity index (χ0v) is 9.10. The lowest BCUT2D eigenvalue weighted by atomic mass is 10.2. The molecular weight excluding hydrogens is 206 g/mol. The summed E-state index contributed by atoms with van der Waals surface area (Å²) in [4.78, 5) is 0. The number of aliphatic hydroxyl groups excluding tert-OH is 1. The van der Waals surface area contributed by atoms with E-state index in [9.17, 15) is 5.11 Å². The van der Waals surface area contributed by atoms with Gasteiger partial charge in [0, 0.05) is 13.7 Å². The molecule has 1 aromatic rings. The van der Waals surface area contributed by atoms with Gasteiger partial charge in [-0.25, -0.2) is 0 Å². The standard InChI is InChI=1S/C11H15N3O2/c1-16-7-9(15)6-14-11-4-8(5-12)2-3-10(11)13/h2-4,9,14-15H,6-7,13H2,1H3. The second-order valence-corrected chi connectivity index (χ2v) is 3.40. The van der Waals surface area contributed by atoms with Gasteiger partial charge in [0.1, 0.15) is 0 Å². The maximum absolute atomic E-state index is 9.43. The summed E-state index contributed by atoms with van der Waals surface area (Å²) in [5.74, 6) is 0. The number of aliphatic hydroxyl groups is 1. The first-order valence-electron chi connectivity index (χ1n) is 4.88. The van der Waals surface area contributed by atoms with E-state index in [0.717, 1.165) is 0 Å². The van der Waals surface area contributed by atoms with E-state index in [-0.39, 0.29) is 6.61 Å². The van der Waals surface area contributed by atoms with Gasteiger partial charge < -0.3 is 20.9 Å². The molecular formula is C11H15N3O2. The van der Waals surface area contributed by atoms with E-state index in [1.807, 2.05) is 6.07 Å². The van der Waals surface area contributed by atoms with Crippen LogP contribution in [0.4, 0.5) is 11.4 Å². The van der Waals surface area contributed by atoms with Crippen LogP contribution in [0, 0.1) is 11.3 Å². The molecule has 1 unspecified atom stereocenters. The number of hydrogen-bond donors (Lipinski definition) is 3. The number of nitrogens with zero attached hydrogens (tertiary/aromatic N) is 1. The van der Waals surface area contributed by atoms with E-state index >= 15 is 0 Å². The van der Waals surface area contributed by atoms with Gasteiger partial charge in [-0.3, -0.25) is 0 Å². The van der Waals surface area contributed by atoms with Gasteiger partial charge in [-0.1, -0.05) is 0 Å². The van der Waals surface area contributed by atoms with Crippen molar-refractivity contribution in [2.45, 2.75) is 6.10 Å². The van der Waals surface area contributed by atoms with Crippen LogP contribution in [0.2, 0.25) is 0 Å². The van der Waals surface area contributed by atoms with Gasteiger partial charge in [-0.15, -0.1) is 0 Å². The summed E-state index contributed by atoms with van der Waals surface area (Å²) in [6.07, 6.45) is -0.602. The van der Waals surface area contributed by atoms with Gasteiger partial charge in [0.25, 0.3) is 0 Å². The summed E-state index contributed by atoms with van der Waals surface area (Å²) in [7, 11) is 1.52. The highest BCUT2D eigenvalue weighted by Gasteiger charge is 2.05. The van der Waals surface area contributed by atoms with Gasteiger partial charge in [0.05, 0.1) is 35.7 Å². The second kappa shape index (κ2) is 5.95. The van der Waals surface area contributed by atoms with Crippen LogP contribution in [0.3, 0.4) is 0 Å². The lowest BCUT2D eigenvalue weighted by Gasteiger charge is -2.13. The first-order valence-corrected chi connectivity index (χ1v) is 4.88. The first kappa shape index (κ1) is 12.3. The molecule has 0 saturated heterocycles. The Morgan fingerprint density at radius 2 is 2.38 bits per heavy atom. The summed E-state index contributed by atoms with van der Waals surface area (Å²) in [5, 5.41) is 21.1. The zero-order chi connectivity index (χ0) is 12.0. The lowest BCUT2D eigenvalue weighted by Crippen LogP contribution is -2.24. The normalized spacial score (nSPS) is 11.8. The van der Waals surface area contributed by atoms with Crippen molar-refractivity contribution in [3.63, 3.8) is 0 Å². The molecule has 1 aromatic carbocycles. The number of benzene rings is 1. The van der Waals surface area contributed by atoms with Crippen molar-refractivity contribution in [3.05, 3.63) is 23.8 Å². The molecule has 0 aliphatic carbocycles. The van der Waals surface area contributed by atoms with Crippen LogP contribution in [0.15, 0.2) is 18.2 Å². The van der Waals surface area contributed by atoms with Crippen LogP contribution in [0.1, 0.15) is 5.56 Å². The summed E-state index contributed by atoms with van der Waals surface area (Å²) in [6.45, 7) is 0.581. The third kappa shape index (κ3) is 3.42. The van der Waals surface area contributed by atoms with Crippen LogP contribution in [-0.2, 0) is 4.74 Å². The van der Waals surface area contributed by atoms with Gasteiger partial charge in [-0.05, 0) is 18.2 Å². The van der Waals surface area contributed by atoms with Crippen molar-refractivity contribution in [2.75, 3.05) is 31.3 Å². The number of nitriles is 1. The van der Waals surface area contributed by atoms with Gasteiger partial charge in [-0.2, -0.15) is 5.26 Å². The summed E-state index contributed by atoms with van der Waals surface area (Å²) < 4.78 is 4.79. The molecule has 0 saturated carbocycles. The minimum absolute atomic E-state index is 0.255. The molecule has 0 aromatic heterocycles. The van der Waals surface area contributed by atoms with E-state index in [1.54, 1.807) is 18.2 Å². The topological polar surface area (TPSA) is 91.3 Å². The Balaban J connectivity index is 2.63. The molecule has 0 radical (unpaired) electrons. The number of nitrogens with two attached hydrogens (primary N) is 1. The quantitative estimate of drug-likeness (QED) is 0.632. The Bertz CT molecular complexity index is 387. The number of nitrogens with one attached hydrogen (secondary N) is 1. The fourth-order valence-electron chi connectivity index (χ4n) is 1.26. The fraction of sp³-hybridized carbons (Fsp3) is 0.364. The molecule has 86 valence electrons. The number of ether oxygens (including phenoxy) is 1. The van der Waals surface area contributed by atoms with Crippen molar-refractivity contribution in [1.82, 2.24) is 0 Å². The Morgan fingerprint density at radius 3 is 3.00 bits per heavy atom. The summed E-state index contributed by atoms with van der Waals surface area (Å²) in [5.41, 5.74) is 7.44. The molecule has 4 N–H and O–H groups in total. The van der Waals surface area contributed by atoms with Crippen molar-refractivity contribution in [2.24, 2.45) is 0 Å². The van der Waals surface area contributed by atoms with E-state index < -0.39 is 6.10 Å². The molecule has 5 heteroatoms. The fourth-order valence-corrected chi connectivity index (χ4v) is 1.26. The number of methoxy groups -OCH3 is 1. The van der Waals surface area contributed by atoms with E-state index in [1.165, 1.54) is 7.11 Å². The molecule has 0 heterocycles. The average Bonchev–Trinajstić information content (AvgIpc) is 2.28. The number of nitrogen functional groups attached to an aromatic ring is 1. The minimum Gasteiger partial charge on any atom is -0.397 e. The Kier molecular flexibility index (Phi) is 4.58. The van der Waals surface area contributed by atoms with Crippen LogP contribution in [0.5, 0.6) is 0 Å². The van der Waals surface area contributed by atoms with Crippen LogP contribution in [0.25, 0.3) is 0 Å². The summed E-state index contributed by atoms with van der Waals surface area (Å²) >= 11 is 0. The Hall–Kier alpha value is -1.77. The molecule has 0 spiro atoms. The average molecular weight is 221 g/mol. The zero-order valence-electron chi connectivity index (χ0n) is 9.10. The van der Waals surface area contributed by atoms with Crippen molar-refractivity contribution in [3.8, 4) is 6.07 Å². The molecule has 0 amide bonds. The molecule has 0 aliphatic rings. The van der Waals surface area contributed by atoms with Crippen molar-refractivity contribution < 1.29 is 9.84 Å². The highest BCUT2D eigenvalue weighted by molar-refractivity contribution is 5.68. The smallest absolute Gasteiger partial charge is 0.0992 e. The SMILES string of the molecule is COCC(O)CNc1cc(C#N)ccc1N. The first-order chi connectivity index (χ1) is 7.67. The highest BCUT2D eigenvalue weighted by Crippen LogP contribution is 2.19. The molecule has 0 aliphatic heterocycles. The largest absolute Gasteiger partial charge is 0.397 e. The predicted octanol–water partition coefficient (Wildman–Crippen LogP) is 0.560. The van der Waals surface area contributed by atoms with Gasteiger partial charge in [0.15, 0.2) is 0 Å². The molecule has 1 atom stereocenters. The molecule has 1 rings (SSSR count). The van der Waals surface area contributed by atoms with Gasteiger partial charge >= 0.3 is 0 Å². The molecule has 16 heavy (non-hydrogen) atoms. The minimum atomic E-state index is -0.602. The third-order valence-electron chi connectivity index (χ3n) is 2.07. The molecule has 5 nitrogen and oxygen atoms in total. The monoisotopic (exact) mass is 221 g/mol. The highest BCUT2D eigenvalue weighted by atomic mass is 16.5. The third-order valence-corrected chi connectivity index (χ3v) is 2.07. The molecule has 0 bridgehead atoms. The Labute approximate surface area is 94.4 Å². The van der Waals surface area contributed by atoms with Gasteiger partial charge in [0.2, 0.25) is 0 Å². The van der Waals surface area contributed by atoms with Crippen molar-refractivity contribution in [1.29, 1.82) is 5.26 Å². The van der Waals surface area contributed by atoms with E-state index in [2.05, 4.69) is 5.32 Å². The van der Waals surface area contributed by atoms with Crippen LogP contribution >= 0.6 is 0 Å². The maximum atomic E-state index is 9.43. The lowest BCUT2D eigenvalue weighted by molar-refractivity contribution is 0.0728. The predicted molar refractivity (Wildman–Crippen MR) is 61.9 cm³/mol. The maximum Gasteiger partial charge on any atom is 0.0992 e. The van der Waals surface area contributed by atoms with E-state index in [4.69, 9.17) is 15.7 Å². The number of rotatable bonds is 5. The van der Waals surface area contributed by atoms with Crippen molar-refractivity contribution >= 4 is 11.4 Å². The summed E-state index contributed by atoms with van der Waals surface area (Å²) in [6, 6.07) is 6.97. The second-order valence-electron chi connectivity index (χ2n) is 3.40. The Morgan fingerprint density at radius 1 is 1.62 bits per heavy atom. The van der Waals surface area contributed by atoms with Crippen LogP contribution < -0.4 is 11.1 Å². The van der Waals surface area contributed by atoms with Crippen LogP contribution in [-0.4, -0.2) is 31.5 Å². The number of hydrogen-bond acceptors (Lipinski definition) is 5. The molecule has 0 fully saturated rings. The number of anilines is 2.